The summed E-state index contributed by atoms with van der Waals surface area (Å²) in [5, 5.41) is 12.7. The van der Waals surface area contributed by atoms with E-state index in [1.165, 1.54) is 28.4 Å². The van der Waals surface area contributed by atoms with E-state index in [0.717, 1.165) is 17.9 Å². The number of aromatic nitrogens is 1. The maximum atomic E-state index is 12.3. The van der Waals surface area contributed by atoms with Gasteiger partial charge in [-0.05, 0) is 12.5 Å². The molecule has 1 aliphatic rings. The first-order chi connectivity index (χ1) is 9.15. The maximum Gasteiger partial charge on any atom is 0.325 e. The third-order valence-corrected chi connectivity index (χ3v) is 5.23. The van der Waals surface area contributed by atoms with Crippen molar-refractivity contribution in [3.05, 3.63) is 29.1 Å². The highest BCUT2D eigenvalue weighted by Gasteiger charge is 2.30. The fourth-order valence-corrected chi connectivity index (χ4v) is 3.67. The molecule has 4 nitrogen and oxygen atoms in total. The Kier molecular flexibility index (Phi) is 5.06. The average molecular weight is 314 g/mol. The van der Waals surface area contributed by atoms with E-state index in [1.54, 1.807) is 18.2 Å². The van der Waals surface area contributed by atoms with E-state index >= 15 is 0 Å². The van der Waals surface area contributed by atoms with Gasteiger partial charge in [0.05, 0.1) is 0 Å². The molecular weight excluding hydrogens is 300 g/mol. The molecule has 0 atom stereocenters. The van der Waals surface area contributed by atoms with E-state index in [0.29, 0.717) is 20.6 Å². The first kappa shape index (κ1) is 14.6. The molecule has 0 saturated carbocycles. The number of carbonyl (C=O) groups excluding carboxylic acids is 1. The summed E-state index contributed by atoms with van der Waals surface area (Å²) in [7, 11) is 0. The fourth-order valence-electron chi connectivity index (χ4n) is 1.66. The van der Waals surface area contributed by atoms with Gasteiger partial charge in [-0.2, -0.15) is 4.73 Å². The van der Waals surface area contributed by atoms with Crippen molar-refractivity contribution in [1.82, 2.24) is 4.90 Å². The first-order valence-corrected chi connectivity index (χ1v) is 8.37. The summed E-state index contributed by atoms with van der Waals surface area (Å²) in [5.74, 6) is 1.36. The van der Waals surface area contributed by atoms with Gasteiger partial charge in [-0.25, -0.2) is 0 Å². The highest BCUT2D eigenvalue weighted by molar-refractivity contribution is 8.23. The molecule has 0 unspecified atom stereocenters. The van der Waals surface area contributed by atoms with Crippen LogP contribution in [-0.4, -0.2) is 33.2 Å². The number of hydrogen-bond donors (Lipinski definition) is 0. The lowest BCUT2D eigenvalue weighted by molar-refractivity contribution is -0.647. The van der Waals surface area contributed by atoms with Crippen molar-refractivity contribution in [3.8, 4) is 0 Å². The molecule has 1 fully saturated rings. The van der Waals surface area contributed by atoms with E-state index in [-0.39, 0.29) is 11.6 Å². The van der Waals surface area contributed by atoms with Crippen molar-refractivity contribution in [1.29, 1.82) is 0 Å². The van der Waals surface area contributed by atoms with Crippen molar-refractivity contribution >= 4 is 46.0 Å². The van der Waals surface area contributed by atoms with Crippen LogP contribution in [-0.2, 0) is 0 Å². The Morgan fingerprint density at radius 3 is 3.05 bits per heavy atom. The third kappa shape index (κ3) is 3.21. The summed E-state index contributed by atoms with van der Waals surface area (Å²) in [6.45, 7) is 2.63. The van der Waals surface area contributed by atoms with Crippen molar-refractivity contribution in [2.75, 3.05) is 18.1 Å². The van der Waals surface area contributed by atoms with Crippen molar-refractivity contribution in [2.24, 2.45) is 0 Å². The number of thioether (sulfide) groups is 2. The van der Waals surface area contributed by atoms with Gasteiger partial charge in [0, 0.05) is 30.2 Å². The van der Waals surface area contributed by atoms with Gasteiger partial charge < -0.3 is 5.21 Å². The summed E-state index contributed by atoms with van der Waals surface area (Å²) in [6, 6.07) is 5.03. The first-order valence-electron chi connectivity index (χ1n) is 5.99. The molecule has 2 heterocycles. The Bertz CT molecular complexity index is 508. The van der Waals surface area contributed by atoms with Crippen LogP contribution in [0.3, 0.4) is 0 Å². The lowest BCUT2D eigenvalue weighted by Crippen LogP contribution is -2.43. The molecule has 0 aliphatic carbocycles. The number of nitrogens with zero attached hydrogens (tertiary/aromatic N) is 2. The highest BCUT2D eigenvalue weighted by atomic mass is 32.2. The van der Waals surface area contributed by atoms with Gasteiger partial charge >= 0.3 is 5.91 Å². The van der Waals surface area contributed by atoms with Gasteiger partial charge in [-0.3, -0.25) is 9.69 Å². The van der Waals surface area contributed by atoms with Gasteiger partial charge in [-0.1, -0.05) is 42.7 Å². The molecule has 0 spiro atoms. The van der Waals surface area contributed by atoms with Gasteiger partial charge in [0.2, 0.25) is 0 Å². The van der Waals surface area contributed by atoms with Crippen LogP contribution < -0.4 is 4.73 Å². The Balaban J connectivity index is 2.24. The summed E-state index contributed by atoms with van der Waals surface area (Å²) < 4.78 is 1.27. The minimum absolute atomic E-state index is 0.144. The standard InChI is InChI=1S/C12H14N2O2S3/c1-2-7-18-10-5-3-4-9(14(10)16)11(15)13-6-8-19-12(13)17/h3-5H,2,6-8H2,1H3. The van der Waals surface area contributed by atoms with Crippen LogP contribution in [0.15, 0.2) is 23.2 Å². The molecule has 1 aromatic rings. The molecular formula is C12H14N2O2S3. The normalized spacial score (nSPS) is 15.0. The number of hydrogen-bond acceptors (Lipinski definition) is 5. The van der Waals surface area contributed by atoms with E-state index < -0.39 is 0 Å². The molecule has 1 amide bonds. The number of pyridine rings is 1. The lowest BCUT2D eigenvalue weighted by atomic mass is 10.3. The molecule has 0 aromatic carbocycles. The molecule has 0 bridgehead atoms. The Hall–Kier alpha value is -0.790. The van der Waals surface area contributed by atoms with Gasteiger partial charge in [-0.15, -0.1) is 0 Å². The van der Waals surface area contributed by atoms with E-state index in [1.807, 2.05) is 0 Å². The van der Waals surface area contributed by atoms with Crippen molar-refractivity contribution in [3.63, 3.8) is 0 Å². The Labute approximate surface area is 126 Å². The molecule has 1 saturated heterocycles. The zero-order chi connectivity index (χ0) is 13.8. The summed E-state index contributed by atoms with van der Waals surface area (Å²) >= 11 is 8.05. The zero-order valence-corrected chi connectivity index (χ0v) is 12.9. The predicted octanol–water partition coefficient (Wildman–Crippen LogP) is 2.30. The van der Waals surface area contributed by atoms with E-state index in [2.05, 4.69) is 6.92 Å². The van der Waals surface area contributed by atoms with Crippen LogP contribution in [0, 0.1) is 5.21 Å². The van der Waals surface area contributed by atoms with Crippen LogP contribution in [0.1, 0.15) is 23.8 Å². The van der Waals surface area contributed by atoms with E-state index in [9.17, 15) is 10.0 Å². The second-order valence-electron chi connectivity index (χ2n) is 3.96. The van der Waals surface area contributed by atoms with Crippen molar-refractivity contribution in [2.45, 2.75) is 18.4 Å². The molecule has 7 heteroatoms. The lowest BCUT2D eigenvalue weighted by Gasteiger charge is -2.14. The molecule has 19 heavy (non-hydrogen) atoms. The largest absolute Gasteiger partial charge is 0.617 e. The molecule has 102 valence electrons. The zero-order valence-electron chi connectivity index (χ0n) is 10.5. The monoisotopic (exact) mass is 314 g/mol. The summed E-state index contributed by atoms with van der Waals surface area (Å²) in [5.41, 5.74) is 0.144. The topological polar surface area (TPSA) is 47.2 Å². The summed E-state index contributed by atoms with van der Waals surface area (Å²) in [6.07, 6.45) is 0.982. The number of amides is 1. The molecule has 2 rings (SSSR count). The molecule has 1 aromatic heterocycles. The quantitative estimate of drug-likeness (QED) is 0.369. The highest BCUT2D eigenvalue weighted by Crippen LogP contribution is 2.20. The van der Waals surface area contributed by atoms with Crippen LogP contribution in [0.25, 0.3) is 0 Å². The summed E-state index contributed by atoms with van der Waals surface area (Å²) in [4.78, 5) is 13.8. The second-order valence-corrected chi connectivity index (χ2v) is 6.81. The number of carbonyl (C=O) groups is 1. The number of thiocarbonyl (C=S) groups is 1. The van der Waals surface area contributed by atoms with Crippen LogP contribution in [0.2, 0.25) is 0 Å². The van der Waals surface area contributed by atoms with Gasteiger partial charge in [0.1, 0.15) is 4.32 Å². The predicted molar refractivity (Wildman–Crippen MR) is 82.5 cm³/mol. The van der Waals surface area contributed by atoms with E-state index in [4.69, 9.17) is 12.2 Å². The van der Waals surface area contributed by atoms with Crippen LogP contribution in [0.5, 0.6) is 0 Å². The minimum Gasteiger partial charge on any atom is -0.617 e. The SMILES string of the molecule is CCCSc1cccc(C(=O)N2CCSC2=S)[n+]1[O-]. The number of rotatable bonds is 4. The Morgan fingerprint density at radius 2 is 2.42 bits per heavy atom. The van der Waals surface area contributed by atoms with Crippen LogP contribution >= 0.6 is 35.7 Å². The van der Waals surface area contributed by atoms with Crippen molar-refractivity contribution < 1.29 is 9.52 Å². The maximum absolute atomic E-state index is 12.3. The molecule has 0 N–H and O–H groups in total. The molecule has 0 radical (unpaired) electrons. The Morgan fingerprint density at radius 1 is 1.63 bits per heavy atom. The van der Waals surface area contributed by atoms with Crippen LogP contribution in [0.4, 0.5) is 0 Å². The molecule has 1 aliphatic heterocycles. The average Bonchev–Trinajstić information content (AvgIpc) is 2.83. The minimum atomic E-state index is -0.302. The second kappa shape index (κ2) is 6.58. The fraction of sp³-hybridized carbons (Fsp3) is 0.417. The van der Waals surface area contributed by atoms with Gasteiger partial charge in [0.25, 0.3) is 10.7 Å². The smallest absolute Gasteiger partial charge is 0.325 e. The van der Waals surface area contributed by atoms with Gasteiger partial charge in [0.15, 0.2) is 0 Å². The third-order valence-electron chi connectivity index (χ3n) is 2.59.